The molecule has 136 valence electrons. The van der Waals surface area contributed by atoms with E-state index in [4.69, 9.17) is 0 Å². The van der Waals surface area contributed by atoms with Crippen molar-refractivity contribution in [2.75, 3.05) is 19.6 Å². The summed E-state index contributed by atoms with van der Waals surface area (Å²) in [7, 11) is 0. The molecule has 3 nitrogen and oxygen atoms in total. The van der Waals surface area contributed by atoms with Crippen molar-refractivity contribution in [3.05, 3.63) is 71.3 Å². The molecule has 1 N–H and O–H groups in total. The van der Waals surface area contributed by atoms with Crippen molar-refractivity contribution in [2.45, 2.75) is 38.1 Å². The quantitative estimate of drug-likeness (QED) is 0.908. The second-order valence-corrected chi connectivity index (χ2v) is 7.67. The van der Waals surface area contributed by atoms with Crippen LogP contribution in [0.4, 0.5) is 0 Å². The third-order valence-corrected chi connectivity index (χ3v) is 5.97. The molecule has 0 aliphatic carbocycles. The predicted molar refractivity (Wildman–Crippen MR) is 105 cm³/mol. The van der Waals surface area contributed by atoms with E-state index in [1.54, 1.807) is 0 Å². The number of rotatable bonds is 4. The van der Waals surface area contributed by atoms with Crippen LogP contribution >= 0.6 is 0 Å². The van der Waals surface area contributed by atoms with Crippen LogP contribution in [0.1, 0.15) is 48.3 Å². The maximum atomic E-state index is 12.9. The first kappa shape index (κ1) is 17.3. The maximum absolute atomic E-state index is 12.9. The van der Waals surface area contributed by atoms with Crippen LogP contribution in [0, 0.1) is 5.92 Å². The molecule has 2 heterocycles. The van der Waals surface area contributed by atoms with Crippen molar-refractivity contribution < 1.29 is 4.79 Å². The lowest BCUT2D eigenvalue weighted by molar-refractivity contribution is -0.132. The van der Waals surface area contributed by atoms with E-state index < -0.39 is 0 Å². The van der Waals surface area contributed by atoms with E-state index in [1.165, 1.54) is 29.5 Å². The molecule has 2 aromatic carbocycles. The molecule has 2 aromatic rings. The Kier molecular flexibility index (Phi) is 5.35. The average molecular weight is 348 g/mol. The zero-order valence-electron chi connectivity index (χ0n) is 15.4. The maximum Gasteiger partial charge on any atom is 0.222 e. The van der Waals surface area contributed by atoms with Crippen LogP contribution in [-0.4, -0.2) is 30.4 Å². The lowest BCUT2D eigenvalue weighted by Gasteiger charge is -2.35. The van der Waals surface area contributed by atoms with Crippen LogP contribution in [0.3, 0.4) is 0 Å². The van der Waals surface area contributed by atoms with Gasteiger partial charge in [0, 0.05) is 25.4 Å². The van der Waals surface area contributed by atoms with Gasteiger partial charge in [0.25, 0.3) is 0 Å². The molecule has 0 saturated carbocycles. The number of nitrogens with one attached hydrogen (secondary N) is 1. The summed E-state index contributed by atoms with van der Waals surface area (Å²) >= 11 is 0. The summed E-state index contributed by atoms with van der Waals surface area (Å²) in [6.07, 6.45) is 4.15. The molecule has 4 rings (SSSR count). The van der Waals surface area contributed by atoms with Crippen molar-refractivity contribution in [1.82, 2.24) is 10.2 Å². The minimum absolute atomic E-state index is 0.281. The van der Waals surface area contributed by atoms with Crippen LogP contribution < -0.4 is 5.32 Å². The molecule has 0 spiro atoms. The second kappa shape index (κ2) is 8.05. The lowest BCUT2D eigenvalue weighted by atomic mass is 9.84. The number of nitrogens with zero attached hydrogens (tertiary/aromatic N) is 1. The van der Waals surface area contributed by atoms with Gasteiger partial charge in [-0.05, 0) is 55.0 Å². The molecule has 1 amide bonds. The fraction of sp³-hybridized carbons (Fsp3) is 0.435. The molecule has 2 aliphatic heterocycles. The highest BCUT2D eigenvalue weighted by molar-refractivity contribution is 5.76. The normalized spacial score (nSPS) is 20.6. The van der Waals surface area contributed by atoms with Gasteiger partial charge < -0.3 is 10.2 Å². The first-order valence-electron chi connectivity index (χ1n) is 9.92. The minimum atomic E-state index is 0.281. The van der Waals surface area contributed by atoms with Crippen molar-refractivity contribution in [3.63, 3.8) is 0 Å². The molecule has 0 aromatic heterocycles. The van der Waals surface area contributed by atoms with Gasteiger partial charge in [-0.15, -0.1) is 0 Å². The van der Waals surface area contributed by atoms with Gasteiger partial charge in [-0.25, -0.2) is 0 Å². The Morgan fingerprint density at radius 2 is 1.73 bits per heavy atom. The third kappa shape index (κ3) is 3.83. The highest BCUT2D eigenvalue weighted by atomic mass is 16.2. The Labute approximate surface area is 156 Å². The zero-order chi connectivity index (χ0) is 17.8. The molecular weight excluding hydrogens is 320 g/mol. The largest absolute Gasteiger partial charge is 0.337 e. The number of piperidine rings is 1. The Bertz CT molecular complexity index is 737. The molecule has 1 fully saturated rings. The van der Waals surface area contributed by atoms with E-state index in [0.29, 0.717) is 18.2 Å². The van der Waals surface area contributed by atoms with E-state index in [1.807, 2.05) is 0 Å². The number of carbonyl (C=O) groups excluding carboxylic acids is 1. The highest BCUT2D eigenvalue weighted by Crippen LogP contribution is 2.34. The van der Waals surface area contributed by atoms with Crippen molar-refractivity contribution in [1.29, 1.82) is 0 Å². The molecule has 0 radical (unpaired) electrons. The minimum Gasteiger partial charge on any atom is -0.337 e. The van der Waals surface area contributed by atoms with Gasteiger partial charge in [0.05, 0.1) is 0 Å². The molecule has 1 unspecified atom stereocenters. The molecular formula is C23H28N2O. The fourth-order valence-corrected chi connectivity index (χ4v) is 4.42. The summed E-state index contributed by atoms with van der Waals surface area (Å²) in [4.78, 5) is 15.0. The van der Waals surface area contributed by atoms with Crippen LogP contribution in [-0.2, 0) is 11.3 Å². The number of hydrogen-bond donors (Lipinski definition) is 1. The predicted octanol–water partition coefficient (Wildman–Crippen LogP) is 3.94. The van der Waals surface area contributed by atoms with E-state index in [9.17, 15) is 4.79 Å². The van der Waals surface area contributed by atoms with Crippen molar-refractivity contribution >= 4 is 5.91 Å². The first-order chi connectivity index (χ1) is 12.8. The monoisotopic (exact) mass is 348 g/mol. The summed E-state index contributed by atoms with van der Waals surface area (Å²) in [5.74, 6) is 1.31. The number of carbonyl (C=O) groups is 1. The summed E-state index contributed by atoms with van der Waals surface area (Å²) in [5, 5.41) is 3.41. The molecule has 3 heteroatoms. The second-order valence-electron chi connectivity index (χ2n) is 7.67. The van der Waals surface area contributed by atoms with E-state index in [2.05, 4.69) is 64.8 Å². The van der Waals surface area contributed by atoms with Gasteiger partial charge in [-0.2, -0.15) is 0 Å². The molecule has 2 aliphatic rings. The average Bonchev–Trinajstić information content (AvgIpc) is 2.72. The highest BCUT2D eigenvalue weighted by Gasteiger charge is 2.29. The number of amides is 1. The Morgan fingerprint density at radius 3 is 2.54 bits per heavy atom. The van der Waals surface area contributed by atoms with Crippen molar-refractivity contribution in [2.24, 2.45) is 5.92 Å². The van der Waals surface area contributed by atoms with Gasteiger partial charge in [0.15, 0.2) is 0 Å². The lowest BCUT2D eigenvalue weighted by Crippen LogP contribution is -2.39. The molecule has 0 bridgehead atoms. The van der Waals surface area contributed by atoms with E-state index in [0.717, 1.165) is 32.6 Å². The number of hydrogen-bond acceptors (Lipinski definition) is 2. The SMILES string of the molecule is O=C(CCC1CCNCC1)N1Cc2ccccc2C(c2ccccc2)C1. The van der Waals surface area contributed by atoms with Gasteiger partial charge in [-0.3, -0.25) is 4.79 Å². The van der Waals surface area contributed by atoms with Crippen LogP contribution in [0.25, 0.3) is 0 Å². The summed E-state index contributed by atoms with van der Waals surface area (Å²) in [5.41, 5.74) is 3.97. The van der Waals surface area contributed by atoms with Gasteiger partial charge in [0.2, 0.25) is 5.91 Å². The Balaban J connectivity index is 1.48. The smallest absolute Gasteiger partial charge is 0.222 e. The van der Waals surface area contributed by atoms with E-state index >= 15 is 0 Å². The summed E-state index contributed by atoms with van der Waals surface area (Å²) in [6.45, 7) is 3.76. The summed E-state index contributed by atoms with van der Waals surface area (Å²) in [6, 6.07) is 19.2. The Hall–Kier alpha value is -2.13. The number of fused-ring (bicyclic) bond motifs is 1. The standard InChI is InChI=1S/C23H28N2O/c26-23(11-10-18-12-14-24-15-13-18)25-16-20-8-4-5-9-21(20)22(17-25)19-6-2-1-3-7-19/h1-9,18,22,24H,10-17H2. The van der Waals surface area contributed by atoms with Crippen LogP contribution in [0.2, 0.25) is 0 Å². The zero-order valence-corrected chi connectivity index (χ0v) is 15.4. The topological polar surface area (TPSA) is 32.3 Å². The summed E-state index contributed by atoms with van der Waals surface area (Å²) < 4.78 is 0. The number of benzene rings is 2. The van der Waals surface area contributed by atoms with E-state index in [-0.39, 0.29) is 5.92 Å². The fourth-order valence-electron chi connectivity index (χ4n) is 4.42. The van der Waals surface area contributed by atoms with Crippen LogP contribution in [0.5, 0.6) is 0 Å². The molecule has 1 saturated heterocycles. The molecule has 1 atom stereocenters. The Morgan fingerprint density at radius 1 is 1.00 bits per heavy atom. The molecule has 26 heavy (non-hydrogen) atoms. The first-order valence-corrected chi connectivity index (χ1v) is 9.92. The van der Waals surface area contributed by atoms with Gasteiger partial charge in [0.1, 0.15) is 0 Å². The van der Waals surface area contributed by atoms with Gasteiger partial charge in [-0.1, -0.05) is 54.6 Å². The van der Waals surface area contributed by atoms with Crippen molar-refractivity contribution in [3.8, 4) is 0 Å². The van der Waals surface area contributed by atoms with Gasteiger partial charge >= 0.3 is 0 Å². The third-order valence-electron chi connectivity index (χ3n) is 5.97. The van der Waals surface area contributed by atoms with Crippen LogP contribution in [0.15, 0.2) is 54.6 Å².